The third-order valence-corrected chi connectivity index (χ3v) is 7.75. The van der Waals surface area contributed by atoms with Gasteiger partial charge < -0.3 is 9.84 Å². The lowest BCUT2D eigenvalue weighted by molar-refractivity contribution is -0.137. The zero-order valence-corrected chi connectivity index (χ0v) is 19.9. The molecule has 1 heterocycles. The van der Waals surface area contributed by atoms with Gasteiger partial charge in [-0.2, -0.15) is 4.90 Å². The van der Waals surface area contributed by atoms with Crippen molar-refractivity contribution in [2.24, 2.45) is 17.8 Å². The number of hydrogen-bond acceptors (Lipinski definition) is 7. The highest BCUT2D eigenvalue weighted by molar-refractivity contribution is 6.24. The number of methoxy groups -OCH3 is 1. The van der Waals surface area contributed by atoms with Crippen molar-refractivity contribution in [2.75, 3.05) is 7.11 Å². The highest BCUT2D eigenvalue weighted by Crippen LogP contribution is 2.56. The number of carbonyl (C=O) groups excluding carboxylic acids is 5. The van der Waals surface area contributed by atoms with Gasteiger partial charge in [0.1, 0.15) is 5.75 Å². The van der Waals surface area contributed by atoms with E-state index in [1.54, 1.807) is 31.2 Å². The quantitative estimate of drug-likeness (QED) is 0.395. The van der Waals surface area contributed by atoms with Crippen molar-refractivity contribution < 1.29 is 33.8 Å². The number of ether oxygens (including phenoxy) is 1. The van der Waals surface area contributed by atoms with Gasteiger partial charge in [0.2, 0.25) is 11.8 Å². The molecule has 4 unspecified atom stereocenters. The predicted molar refractivity (Wildman–Crippen MR) is 128 cm³/mol. The van der Waals surface area contributed by atoms with Gasteiger partial charge in [-0.05, 0) is 43.7 Å². The van der Waals surface area contributed by atoms with Gasteiger partial charge in [-0.15, -0.1) is 6.58 Å². The molecule has 36 heavy (non-hydrogen) atoms. The van der Waals surface area contributed by atoms with E-state index in [9.17, 15) is 29.1 Å². The normalized spacial score (nSPS) is 27.2. The van der Waals surface area contributed by atoms with E-state index in [4.69, 9.17) is 0 Å². The number of likely N-dealkylation sites (tertiary alicyclic amines) is 1. The largest absolute Gasteiger partial charge is 0.507 e. The fraction of sp³-hybridized carbons (Fsp3) is 0.321. The lowest BCUT2D eigenvalue weighted by Gasteiger charge is -2.42. The number of phenolic OH excluding ortho intramolecular Hbond substituents is 1. The molecule has 8 nitrogen and oxygen atoms in total. The summed E-state index contributed by atoms with van der Waals surface area (Å²) in [4.78, 5) is 65.6. The number of fused-ring (bicyclic) bond motifs is 3. The van der Waals surface area contributed by atoms with Crippen molar-refractivity contribution >= 4 is 29.5 Å². The Bertz CT molecular complexity index is 1360. The van der Waals surface area contributed by atoms with Gasteiger partial charge in [-0.1, -0.05) is 35.9 Å². The maximum absolute atomic E-state index is 13.4. The lowest BCUT2D eigenvalue weighted by Crippen LogP contribution is -2.40. The zero-order chi connectivity index (χ0) is 25.9. The molecule has 0 bridgehead atoms. The summed E-state index contributed by atoms with van der Waals surface area (Å²) in [5.74, 6) is -4.89. The van der Waals surface area contributed by atoms with Crippen LogP contribution < -0.4 is 0 Å². The minimum absolute atomic E-state index is 0.00427. The summed E-state index contributed by atoms with van der Waals surface area (Å²) in [7, 11) is 1.10. The fourth-order valence-corrected chi connectivity index (χ4v) is 6.15. The zero-order valence-electron chi connectivity index (χ0n) is 19.9. The van der Waals surface area contributed by atoms with E-state index in [1.807, 2.05) is 6.08 Å². The summed E-state index contributed by atoms with van der Waals surface area (Å²) >= 11 is 0. The van der Waals surface area contributed by atoms with E-state index < -0.39 is 41.6 Å². The van der Waals surface area contributed by atoms with Crippen molar-refractivity contribution in [2.45, 2.75) is 32.1 Å². The molecule has 1 N–H and O–H groups in total. The number of amides is 3. The highest BCUT2D eigenvalue weighted by atomic mass is 16.5. The molecule has 1 aromatic rings. The Morgan fingerprint density at radius 1 is 1.19 bits per heavy atom. The third-order valence-electron chi connectivity index (χ3n) is 7.75. The first kappa shape index (κ1) is 23.7. The van der Waals surface area contributed by atoms with Gasteiger partial charge in [0.05, 0.1) is 18.9 Å². The number of hydrogen-bond donors (Lipinski definition) is 1. The molecule has 4 aliphatic rings. The predicted octanol–water partition coefficient (Wildman–Crippen LogP) is 3.32. The minimum atomic E-state index is -1.04. The van der Waals surface area contributed by atoms with E-state index in [0.29, 0.717) is 39.2 Å². The molecule has 4 atom stereocenters. The Balaban J connectivity index is 1.70. The lowest BCUT2D eigenvalue weighted by atomic mass is 9.59. The number of benzene rings is 1. The topological polar surface area (TPSA) is 118 Å². The van der Waals surface area contributed by atoms with Crippen LogP contribution in [-0.2, 0) is 30.3 Å². The molecule has 1 aromatic carbocycles. The molecule has 3 amide bonds. The van der Waals surface area contributed by atoms with Crippen LogP contribution >= 0.6 is 0 Å². The van der Waals surface area contributed by atoms with Gasteiger partial charge >= 0.3 is 6.09 Å². The Kier molecular flexibility index (Phi) is 5.62. The minimum Gasteiger partial charge on any atom is -0.507 e. The maximum Gasteiger partial charge on any atom is 0.423 e. The number of rotatable bonds is 3. The second-order valence-corrected chi connectivity index (χ2v) is 9.56. The van der Waals surface area contributed by atoms with Crippen molar-refractivity contribution in [1.82, 2.24) is 4.90 Å². The van der Waals surface area contributed by atoms with Gasteiger partial charge in [-0.3, -0.25) is 19.2 Å². The van der Waals surface area contributed by atoms with Gasteiger partial charge in [-0.25, -0.2) is 4.79 Å². The van der Waals surface area contributed by atoms with Crippen molar-refractivity contribution in [3.8, 4) is 5.75 Å². The first-order chi connectivity index (χ1) is 17.2. The molecule has 3 aliphatic carbocycles. The van der Waals surface area contributed by atoms with Crippen LogP contribution in [0.1, 0.15) is 36.8 Å². The average Bonchev–Trinajstić information content (AvgIpc) is 3.12. The summed E-state index contributed by atoms with van der Waals surface area (Å²) in [6, 6.07) is 5.24. The van der Waals surface area contributed by atoms with Crippen LogP contribution in [-0.4, -0.2) is 46.6 Å². The molecule has 8 heteroatoms. The Morgan fingerprint density at radius 3 is 2.64 bits per heavy atom. The highest BCUT2D eigenvalue weighted by Gasteiger charge is 2.58. The molecule has 1 saturated heterocycles. The number of phenols is 1. The molecular formula is C28H25NO7. The van der Waals surface area contributed by atoms with E-state index >= 15 is 0 Å². The van der Waals surface area contributed by atoms with Crippen LogP contribution in [0.4, 0.5) is 4.79 Å². The average molecular weight is 488 g/mol. The standard InChI is InChI=1S/C28H25NO7/c1-4-6-14-7-5-8-16(25(14)32)21-15-9-10-17-22(27(34)29(26(17)33)28(35)36-3)18(15)12-19-20(30)11-13(2)24(31)23(19)21/h4-5,7-9,11,17-18,21-22,32H,1,6,10,12H2,2-3H3. The number of carbonyl (C=O) groups is 5. The van der Waals surface area contributed by atoms with Crippen LogP contribution in [0.15, 0.2) is 65.3 Å². The number of nitrogens with zero attached hydrogens (tertiary/aromatic N) is 1. The maximum atomic E-state index is 13.4. The van der Waals surface area contributed by atoms with Crippen LogP contribution in [0.25, 0.3) is 0 Å². The third kappa shape index (κ3) is 3.24. The van der Waals surface area contributed by atoms with E-state index in [-0.39, 0.29) is 35.7 Å². The summed E-state index contributed by atoms with van der Waals surface area (Å²) < 4.78 is 4.66. The number of para-hydroxylation sites is 1. The fourth-order valence-electron chi connectivity index (χ4n) is 6.15. The number of Topliss-reactive ketones (excluding diaryl/α,β-unsaturated/α-hetero) is 1. The SMILES string of the molecule is C=CCc1cccc(C2C3=CCC4C(=O)N(C(=O)OC)C(=O)C4C3CC3=C2C(=O)C(C)=CC3=O)c1O. The summed E-state index contributed by atoms with van der Waals surface area (Å²) in [5.41, 5.74) is 2.66. The Labute approximate surface area is 207 Å². The molecule has 184 valence electrons. The van der Waals surface area contributed by atoms with Crippen molar-refractivity contribution in [1.29, 1.82) is 0 Å². The second-order valence-electron chi connectivity index (χ2n) is 9.56. The van der Waals surface area contributed by atoms with Crippen LogP contribution in [0.3, 0.4) is 0 Å². The number of aromatic hydroxyl groups is 1. The molecular weight excluding hydrogens is 462 g/mol. The monoisotopic (exact) mass is 487 g/mol. The summed E-state index contributed by atoms with van der Waals surface area (Å²) in [6.45, 7) is 5.32. The Hall–Kier alpha value is -4.07. The second kappa shape index (κ2) is 8.55. The Morgan fingerprint density at radius 2 is 1.94 bits per heavy atom. The number of allylic oxidation sites excluding steroid dienone is 7. The van der Waals surface area contributed by atoms with Crippen LogP contribution in [0.2, 0.25) is 0 Å². The number of imide groups is 3. The smallest absolute Gasteiger partial charge is 0.423 e. The van der Waals surface area contributed by atoms with Crippen molar-refractivity contribution in [3.05, 3.63) is 76.4 Å². The molecule has 0 saturated carbocycles. The summed E-state index contributed by atoms with van der Waals surface area (Å²) in [5, 5.41) is 11.2. The van der Waals surface area contributed by atoms with E-state index in [2.05, 4.69) is 11.3 Å². The molecule has 5 rings (SSSR count). The van der Waals surface area contributed by atoms with E-state index in [1.165, 1.54) is 6.08 Å². The van der Waals surface area contributed by atoms with Gasteiger partial charge in [0, 0.05) is 28.2 Å². The first-order valence-electron chi connectivity index (χ1n) is 11.8. The van der Waals surface area contributed by atoms with E-state index in [0.717, 1.165) is 7.11 Å². The van der Waals surface area contributed by atoms with Crippen molar-refractivity contribution in [3.63, 3.8) is 0 Å². The van der Waals surface area contributed by atoms with Crippen LogP contribution in [0.5, 0.6) is 5.75 Å². The van der Waals surface area contributed by atoms with Gasteiger partial charge in [0.25, 0.3) is 0 Å². The molecule has 1 fully saturated rings. The molecule has 0 spiro atoms. The van der Waals surface area contributed by atoms with Gasteiger partial charge in [0.15, 0.2) is 11.6 Å². The van der Waals surface area contributed by atoms with Crippen LogP contribution in [0, 0.1) is 17.8 Å². The number of ketones is 2. The summed E-state index contributed by atoms with van der Waals surface area (Å²) in [6.07, 6.45) is 4.43. The molecule has 0 radical (unpaired) electrons. The first-order valence-corrected chi connectivity index (χ1v) is 11.8. The molecule has 0 aromatic heterocycles. The molecule has 1 aliphatic heterocycles.